The first-order valence-corrected chi connectivity index (χ1v) is 6.54. The topological polar surface area (TPSA) is 70.6 Å². The predicted molar refractivity (Wildman–Crippen MR) is 73.3 cm³/mol. The van der Waals surface area contributed by atoms with Gasteiger partial charge in [0.05, 0.1) is 18.3 Å². The van der Waals surface area contributed by atoms with Gasteiger partial charge in [-0.05, 0) is 32.4 Å². The Balaban J connectivity index is 1.92. The fourth-order valence-corrected chi connectivity index (χ4v) is 2.17. The van der Waals surface area contributed by atoms with Crippen LogP contribution in [0, 0.1) is 0 Å². The predicted octanol–water partition coefficient (Wildman–Crippen LogP) is 1.14. The average molecular weight is 264 g/mol. The second kappa shape index (κ2) is 5.93. The van der Waals surface area contributed by atoms with Crippen LogP contribution in [-0.4, -0.2) is 35.8 Å². The van der Waals surface area contributed by atoms with E-state index in [1.807, 2.05) is 31.2 Å². The van der Waals surface area contributed by atoms with E-state index in [9.17, 15) is 9.90 Å². The van der Waals surface area contributed by atoms with E-state index in [1.165, 1.54) is 0 Å². The number of benzene rings is 1. The number of hydrogen-bond acceptors (Lipinski definition) is 4. The molecule has 0 saturated heterocycles. The van der Waals surface area contributed by atoms with Crippen LogP contribution in [0.5, 0.6) is 5.75 Å². The van der Waals surface area contributed by atoms with Crippen LogP contribution in [0.15, 0.2) is 24.3 Å². The molecule has 0 fully saturated rings. The molecule has 0 saturated carbocycles. The molecule has 5 heteroatoms. The number of nitrogens with one attached hydrogen (secondary N) is 2. The Hall–Kier alpha value is -1.75. The molecule has 3 unspecified atom stereocenters. The number of fused-ring (bicyclic) bond motifs is 1. The van der Waals surface area contributed by atoms with Crippen molar-refractivity contribution in [2.24, 2.45) is 0 Å². The molecule has 3 atom stereocenters. The first-order chi connectivity index (χ1) is 9.06. The van der Waals surface area contributed by atoms with Crippen molar-refractivity contribution >= 4 is 11.6 Å². The van der Waals surface area contributed by atoms with Gasteiger partial charge in [0.25, 0.3) is 5.91 Å². The van der Waals surface area contributed by atoms with Gasteiger partial charge in [0, 0.05) is 6.04 Å². The molecule has 0 spiro atoms. The molecule has 0 aliphatic carbocycles. The van der Waals surface area contributed by atoms with Gasteiger partial charge in [-0.15, -0.1) is 0 Å². The van der Waals surface area contributed by atoms with Crippen LogP contribution in [0.2, 0.25) is 0 Å². The normalized spacial score (nSPS) is 20.5. The van der Waals surface area contributed by atoms with Gasteiger partial charge in [-0.3, -0.25) is 4.79 Å². The Kier molecular flexibility index (Phi) is 4.27. The van der Waals surface area contributed by atoms with Gasteiger partial charge >= 0.3 is 0 Å². The number of carbonyl (C=O) groups is 1. The molecule has 3 N–H and O–H groups in total. The van der Waals surface area contributed by atoms with Gasteiger partial charge in [0.15, 0.2) is 6.10 Å². The minimum atomic E-state index is -0.536. The highest BCUT2D eigenvalue weighted by Gasteiger charge is 2.26. The second-order valence-corrected chi connectivity index (χ2v) is 4.98. The highest BCUT2D eigenvalue weighted by Crippen LogP contribution is 2.28. The summed E-state index contributed by atoms with van der Waals surface area (Å²) in [4.78, 5) is 12.0. The highest BCUT2D eigenvalue weighted by atomic mass is 16.5. The molecule has 104 valence electrons. The van der Waals surface area contributed by atoms with Crippen molar-refractivity contribution in [1.82, 2.24) is 5.32 Å². The number of aliphatic hydroxyl groups is 1. The lowest BCUT2D eigenvalue weighted by atomic mass is 10.1. The molecule has 5 nitrogen and oxygen atoms in total. The zero-order chi connectivity index (χ0) is 13.8. The van der Waals surface area contributed by atoms with Crippen LogP contribution in [0.1, 0.15) is 20.3 Å². The fraction of sp³-hybridized carbons (Fsp3) is 0.500. The van der Waals surface area contributed by atoms with Crippen molar-refractivity contribution in [2.45, 2.75) is 38.5 Å². The number of aliphatic hydroxyl groups excluding tert-OH is 1. The molecule has 0 aromatic heterocycles. The molecule has 1 amide bonds. The number of amides is 1. The number of anilines is 1. The zero-order valence-corrected chi connectivity index (χ0v) is 11.2. The van der Waals surface area contributed by atoms with Crippen molar-refractivity contribution in [3.63, 3.8) is 0 Å². The summed E-state index contributed by atoms with van der Waals surface area (Å²) in [6.07, 6.45) is -0.435. The van der Waals surface area contributed by atoms with E-state index in [0.29, 0.717) is 18.7 Å². The van der Waals surface area contributed by atoms with Crippen LogP contribution < -0.4 is 15.4 Å². The van der Waals surface area contributed by atoms with Crippen LogP contribution in [0.4, 0.5) is 5.69 Å². The minimum Gasteiger partial charge on any atom is -0.477 e. The lowest BCUT2D eigenvalue weighted by molar-refractivity contribution is -0.128. The monoisotopic (exact) mass is 264 g/mol. The maximum atomic E-state index is 12.0. The van der Waals surface area contributed by atoms with E-state index < -0.39 is 12.2 Å². The number of hydrogen-bond donors (Lipinski definition) is 3. The Morgan fingerprint density at radius 3 is 3.00 bits per heavy atom. The highest BCUT2D eigenvalue weighted by molar-refractivity contribution is 5.83. The third-order valence-corrected chi connectivity index (χ3v) is 3.01. The number of rotatable bonds is 4. The molecular formula is C14H20N2O3. The average Bonchev–Trinajstić information content (AvgIpc) is 2.37. The summed E-state index contributed by atoms with van der Waals surface area (Å²) in [5.41, 5.74) is 0.906. The molecule has 1 aliphatic rings. The number of para-hydroxylation sites is 2. The maximum Gasteiger partial charge on any atom is 0.263 e. The van der Waals surface area contributed by atoms with Crippen LogP contribution >= 0.6 is 0 Å². The van der Waals surface area contributed by atoms with E-state index in [2.05, 4.69) is 10.6 Å². The summed E-state index contributed by atoms with van der Waals surface area (Å²) < 4.78 is 5.66. The number of carbonyl (C=O) groups excluding carboxylic acids is 1. The van der Waals surface area contributed by atoms with Crippen LogP contribution in [0.3, 0.4) is 0 Å². The maximum absolute atomic E-state index is 12.0. The first kappa shape index (κ1) is 13.7. The number of ether oxygens (including phenoxy) is 1. The van der Waals surface area contributed by atoms with E-state index in [0.717, 1.165) is 5.69 Å². The van der Waals surface area contributed by atoms with E-state index in [1.54, 1.807) is 6.92 Å². The summed E-state index contributed by atoms with van der Waals surface area (Å²) in [6, 6.07) is 7.46. The van der Waals surface area contributed by atoms with Gasteiger partial charge in [-0.2, -0.15) is 0 Å². The van der Waals surface area contributed by atoms with Gasteiger partial charge in [0.2, 0.25) is 0 Å². The molecule has 1 heterocycles. The standard InChI is InChI=1S/C14H20N2O3/c1-9(7-10(2)17)16-14(18)13-8-15-11-5-3-4-6-12(11)19-13/h3-6,9-10,13,15,17H,7-8H2,1-2H3,(H,16,18). The zero-order valence-electron chi connectivity index (χ0n) is 11.2. The smallest absolute Gasteiger partial charge is 0.263 e. The minimum absolute atomic E-state index is 0.0757. The quantitative estimate of drug-likeness (QED) is 0.762. The van der Waals surface area contributed by atoms with Crippen molar-refractivity contribution in [3.05, 3.63) is 24.3 Å². The second-order valence-electron chi connectivity index (χ2n) is 4.98. The summed E-state index contributed by atoms with van der Waals surface area (Å²) in [5, 5.41) is 15.3. The lowest BCUT2D eigenvalue weighted by Crippen LogP contribution is -2.47. The van der Waals surface area contributed by atoms with E-state index >= 15 is 0 Å². The third kappa shape index (κ3) is 3.61. The molecule has 19 heavy (non-hydrogen) atoms. The SMILES string of the molecule is CC(O)CC(C)NC(=O)C1CNc2ccccc2O1. The van der Waals surface area contributed by atoms with Crippen molar-refractivity contribution in [2.75, 3.05) is 11.9 Å². The van der Waals surface area contributed by atoms with E-state index in [4.69, 9.17) is 4.74 Å². The van der Waals surface area contributed by atoms with Crippen molar-refractivity contribution in [3.8, 4) is 5.75 Å². The molecule has 1 aromatic carbocycles. The molecule has 0 radical (unpaired) electrons. The molecular weight excluding hydrogens is 244 g/mol. The summed E-state index contributed by atoms with van der Waals surface area (Å²) in [7, 11) is 0. The summed E-state index contributed by atoms with van der Waals surface area (Å²) in [5.74, 6) is 0.534. The molecule has 2 rings (SSSR count). The third-order valence-electron chi connectivity index (χ3n) is 3.01. The van der Waals surface area contributed by atoms with Gasteiger partial charge < -0.3 is 20.5 Å². The van der Waals surface area contributed by atoms with Gasteiger partial charge in [0.1, 0.15) is 5.75 Å². The Labute approximate surface area is 113 Å². The molecule has 0 bridgehead atoms. The van der Waals surface area contributed by atoms with Gasteiger partial charge in [-0.25, -0.2) is 0 Å². The first-order valence-electron chi connectivity index (χ1n) is 6.54. The Morgan fingerprint density at radius 2 is 2.26 bits per heavy atom. The van der Waals surface area contributed by atoms with Crippen molar-refractivity contribution < 1.29 is 14.6 Å². The van der Waals surface area contributed by atoms with Crippen LogP contribution in [-0.2, 0) is 4.79 Å². The van der Waals surface area contributed by atoms with Crippen LogP contribution in [0.25, 0.3) is 0 Å². The summed E-state index contributed by atoms with van der Waals surface area (Å²) in [6.45, 7) is 4.02. The summed E-state index contributed by atoms with van der Waals surface area (Å²) >= 11 is 0. The fourth-order valence-electron chi connectivity index (χ4n) is 2.17. The van der Waals surface area contributed by atoms with Gasteiger partial charge in [-0.1, -0.05) is 12.1 Å². The Morgan fingerprint density at radius 1 is 1.53 bits per heavy atom. The van der Waals surface area contributed by atoms with Crippen molar-refractivity contribution in [1.29, 1.82) is 0 Å². The molecule has 1 aromatic rings. The molecule has 1 aliphatic heterocycles. The Bertz CT molecular complexity index is 448. The lowest BCUT2D eigenvalue weighted by Gasteiger charge is -2.27. The van der Waals surface area contributed by atoms with E-state index in [-0.39, 0.29) is 11.9 Å². The largest absolute Gasteiger partial charge is 0.477 e.